The Morgan fingerprint density at radius 1 is 1.09 bits per heavy atom. The van der Waals surface area contributed by atoms with Crippen LogP contribution in [0.4, 0.5) is 5.13 Å². The van der Waals surface area contributed by atoms with Gasteiger partial charge in [-0.25, -0.2) is 4.98 Å². The average molecular weight is 495 g/mol. The first-order valence-corrected chi connectivity index (χ1v) is 11.9. The van der Waals surface area contributed by atoms with Crippen molar-refractivity contribution in [2.75, 3.05) is 19.0 Å². The van der Waals surface area contributed by atoms with Crippen LogP contribution in [0.25, 0.3) is 11.5 Å². The van der Waals surface area contributed by atoms with Crippen LogP contribution in [-0.4, -0.2) is 40.9 Å². The van der Waals surface area contributed by atoms with Crippen molar-refractivity contribution in [1.82, 2.24) is 15.2 Å². The Morgan fingerprint density at radius 3 is 2.51 bits per heavy atom. The predicted octanol–water partition coefficient (Wildman–Crippen LogP) is 5.66. The molecule has 0 aliphatic carbocycles. The molecule has 4 rings (SSSR count). The number of nitrogens with zero attached hydrogens (tertiary/aromatic N) is 3. The summed E-state index contributed by atoms with van der Waals surface area (Å²) in [6.07, 6.45) is 0.768. The Labute approximate surface area is 207 Å². The minimum Gasteiger partial charge on any atom is -0.493 e. The van der Waals surface area contributed by atoms with Crippen molar-refractivity contribution in [3.63, 3.8) is 0 Å². The minimum absolute atomic E-state index is 0.0616. The maximum atomic E-state index is 12.9. The summed E-state index contributed by atoms with van der Waals surface area (Å²) in [6.45, 7) is 6.02. The predicted molar refractivity (Wildman–Crippen MR) is 132 cm³/mol. The minimum atomic E-state index is -0.304. The van der Waals surface area contributed by atoms with E-state index < -0.39 is 0 Å². The molecule has 0 spiro atoms. The van der Waals surface area contributed by atoms with Gasteiger partial charge in [-0.05, 0) is 50.2 Å². The molecule has 35 heavy (non-hydrogen) atoms. The van der Waals surface area contributed by atoms with Gasteiger partial charge in [0.05, 0.1) is 18.4 Å². The highest BCUT2D eigenvalue weighted by atomic mass is 32.1. The van der Waals surface area contributed by atoms with Crippen molar-refractivity contribution in [3.05, 3.63) is 65.0 Å². The van der Waals surface area contributed by atoms with Crippen LogP contribution in [0.1, 0.15) is 35.3 Å². The third kappa shape index (κ3) is 6.65. The number of anilines is 1. The topological polar surface area (TPSA) is 109 Å². The summed E-state index contributed by atoms with van der Waals surface area (Å²) in [5.74, 6) is 2.19. The van der Waals surface area contributed by atoms with Crippen LogP contribution in [0.15, 0.2) is 52.3 Å². The molecule has 1 unspecified atom stereocenters. The van der Waals surface area contributed by atoms with Crippen LogP contribution in [0, 0.1) is 13.8 Å². The number of carbonyl (C=O) groups is 1. The second-order valence-corrected chi connectivity index (χ2v) is 8.74. The van der Waals surface area contributed by atoms with E-state index in [9.17, 15) is 4.79 Å². The quantitative estimate of drug-likeness (QED) is 0.301. The summed E-state index contributed by atoms with van der Waals surface area (Å²) in [6, 6.07) is 12.3. The van der Waals surface area contributed by atoms with Gasteiger partial charge in [-0.1, -0.05) is 0 Å². The molecule has 0 saturated heterocycles. The molecule has 2 heterocycles. The Kier molecular flexibility index (Phi) is 7.74. The summed E-state index contributed by atoms with van der Waals surface area (Å²) < 4.78 is 22.7. The molecule has 1 N–H and O–H groups in total. The SMILES string of the molecule is COC(C)CCOc1cc(Oc2ccc(-c3nnc(C)o3)cc2)cc(C(=O)Nc2nc(C)cs2)c1. The number of thiazole rings is 1. The summed E-state index contributed by atoms with van der Waals surface area (Å²) in [5.41, 5.74) is 2.02. The lowest BCUT2D eigenvalue weighted by Crippen LogP contribution is -2.13. The van der Waals surface area contributed by atoms with Crippen molar-refractivity contribution in [1.29, 1.82) is 0 Å². The molecule has 1 amide bonds. The van der Waals surface area contributed by atoms with E-state index in [0.29, 0.717) is 52.8 Å². The second-order valence-electron chi connectivity index (χ2n) is 7.88. The van der Waals surface area contributed by atoms with E-state index >= 15 is 0 Å². The number of amides is 1. The molecule has 2 aromatic heterocycles. The maximum absolute atomic E-state index is 12.9. The van der Waals surface area contributed by atoms with Gasteiger partial charge in [-0.15, -0.1) is 21.5 Å². The second kappa shape index (κ2) is 11.1. The fourth-order valence-electron chi connectivity index (χ4n) is 3.10. The third-order valence-electron chi connectivity index (χ3n) is 5.04. The van der Waals surface area contributed by atoms with Crippen LogP contribution in [-0.2, 0) is 4.74 Å². The van der Waals surface area contributed by atoms with Gasteiger partial charge >= 0.3 is 0 Å². The molecule has 2 aromatic carbocycles. The number of methoxy groups -OCH3 is 1. The third-order valence-corrected chi connectivity index (χ3v) is 5.92. The highest BCUT2D eigenvalue weighted by molar-refractivity contribution is 7.13. The first-order chi connectivity index (χ1) is 16.9. The molecule has 9 nitrogen and oxygen atoms in total. The molecule has 0 radical (unpaired) electrons. The van der Waals surface area contributed by atoms with Crippen molar-refractivity contribution < 1.29 is 23.4 Å². The number of benzene rings is 2. The standard InChI is InChI=1S/C25H26N4O5S/c1-15-14-35-25(26-15)27-23(30)19-11-21(32-10-9-16(2)31-4)13-22(12-19)34-20-7-5-18(6-8-20)24-29-28-17(3)33-24/h5-8,11-14,16H,9-10H2,1-4H3,(H,26,27,30). The first-order valence-electron chi connectivity index (χ1n) is 11.0. The number of hydrogen-bond donors (Lipinski definition) is 1. The highest BCUT2D eigenvalue weighted by Gasteiger charge is 2.14. The fraction of sp³-hybridized carbons (Fsp3) is 0.280. The monoisotopic (exact) mass is 494 g/mol. The van der Waals surface area contributed by atoms with E-state index in [4.69, 9.17) is 18.6 Å². The maximum Gasteiger partial charge on any atom is 0.257 e. The van der Waals surface area contributed by atoms with Gasteiger partial charge in [-0.3, -0.25) is 10.1 Å². The lowest BCUT2D eigenvalue weighted by atomic mass is 10.2. The van der Waals surface area contributed by atoms with Gasteiger partial charge in [0.2, 0.25) is 11.8 Å². The molecular weight excluding hydrogens is 468 g/mol. The van der Waals surface area contributed by atoms with E-state index in [1.54, 1.807) is 44.4 Å². The molecule has 0 fully saturated rings. The summed E-state index contributed by atoms with van der Waals surface area (Å²) in [7, 11) is 1.66. The molecule has 1 atom stereocenters. The lowest BCUT2D eigenvalue weighted by Gasteiger charge is -2.14. The van der Waals surface area contributed by atoms with Gasteiger partial charge < -0.3 is 18.6 Å². The molecule has 10 heteroatoms. The Morgan fingerprint density at radius 2 is 1.86 bits per heavy atom. The number of nitrogens with one attached hydrogen (secondary N) is 1. The van der Waals surface area contributed by atoms with Crippen molar-refractivity contribution in [2.24, 2.45) is 0 Å². The Bertz CT molecular complexity index is 1290. The number of rotatable bonds is 10. The van der Waals surface area contributed by atoms with Crippen LogP contribution >= 0.6 is 11.3 Å². The smallest absolute Gasteiger partial charge is 0.257 e. The molecule has 4 aromatic rings. The van der Waals surface area contributed by atoms with Crippen LogP contribution in [0.3, 0.4) is 0 Å². The summed E-state index contributed by atoms with van der Waals surface area (Å²) in [4.78, 5) is 17.2. The van der Waals surface area contributed by atoms with Crippen molar-refractivity contribution in [2.45, 2.75) is 33.3 Å². The van der Waals surface area contributed by atoms with Gasteiger partial charge in [-0.2, -0.15) is 0 Å². The summed E-state index contributed by atoms with van der Waals surface area (Å²) >= 11 is 1.37. The zero-order chi connectivity index (χ0) is 24.8. The number of hydrogen-bond acceptors (Lipinski definition) is 9. The summed E-state index contributed by atoms with van der Waals surface area (Å²) in [5, 5.41) is 13.1. The van der Waals surface area contributed by atoms with Crippen molar-refractivity contribution >= 4 is 22.4 Å². The van der Waals surface area contributed by atoms with Gasteiger partial charge in [0, 0.05) is 43.0 Å². The van der Waals surface area contributed by atoms with Gasteiger partial charge in [0.15, 0.2) is 5.13 Å². The number of aryl methyl sites for hydroxylation is 2. The number of carbonyl (C=O) groups excluding carboxylic acids is 1. The zero-order valence-electron chi connectivity index (χ0n) is 19.9. The molecule has 0 bridgehead atoms. The van der Waals surface area contributed by atoms with E-state index in [1.807, 2.05) is 31.4 Å². The molecule has 0 aliphatic rings. The van der Waals surface area contributed by atoms with E-state index in [-0.39, 0.29) is 12.0 Å². The fourth-order valence-corrected chi connectivity index (χ4v) is 3.78. The average Bonchev–Trinajstić information content (AvgIpc) is 3.47. The van der Waals surface area contributed by atoms with Gasteiger partial charge in [0.1, 0.15) is 17.2 Å². The number of aromatic nitrogens is 3. The largest absolute Gasteiger partial charge is 0.493 e. The van der Waals surface area contributed by atoms with E-state index in [0.717, 1.165) is 11.3 Å². The first kappa shape index (κ1) is 24.4. The van der Waals surface area contributed by atoms with Crippen LogP contribution in [0.2, 0.25) is 0 Å². The zero-order valence-corrected chi connectivity index (χ0v) is 20.7. The molecule has 182 valence electrons. The van der Waals surface area contributed by atoms with Crippen LogP contribution < -0.4 is 14.8 Å². The molecular formula is C25H26N4O5S. The van der Waals surface area contributed by atoms with Crippen molar-refractivity contribution in [3.8, 4) is 28.7 Å². The van der Waals surface area contributed by atoms with Gasteiger partial charge in [0.25, 0.3) is 5.91 Å². The van der Waals surface area contributed by atoms with E-state index in [1.165, 1.54) is 11.3 Å². The Balaban J connectivity index is 1.53. The normalized spacial score (nSPS) is 11.8. The highest BCUT2D eigenvalue weighted by Crippen LogP contribution is 2.30. The Hall–Kier alpha value is -3.76. The molecule has 0 aliphatic heterocycles. The molecule has 0 saturated carbocycles. The lowest BCUT2D eigenvalue weighted by molar-refractivity contribution is 0.0953. The van der Waals surface area contributed by atoms with E-state index in [2.05, 4.69) is 20.5 Å². The number of ether oxygens (including phenoxy) is 3. The van der Waals surface area contributed by atoms with Crippen LogP contribution in [0.5, 0.6) is 17.2 Å².